The zero-order chi connectivity index (χ0) is 19.8. The van der Waals surface area contributed by atoms with E-state index in [2.05, 4.69) is 54.6 Å². The third-order valence-corrected chi connectivity index (χ3v) is 4.39. The van der Waals surface area contributed by atoms with Gasteiger partial charge in [0, 0.05) is 26.2 Å². The van der Waals surface area contributed by atoms with Crippen molar-refractivity contribution in [2.24, 2.45) is 16.8 Å². The third-order valence-electron chi connectivity index (χ3n) is 4.39. The fraction of sp³-hybridized carbons (Fsp3) is 0.619. The first-order valence-corrected chi connectivity index (χ1v) is 9.79. The molecule has 0 aliphatic heterocycles. The van der Waals surface area contributed by atoms with Gasteiger partial charge in [0.15, 0.2) is 5.96 Å². The van der Waals surface area contributed by atoms with Gasteiger partial charge in [-0.05, 0) is 43.2 Å². The summed E-state index contributed by atoms with van der Waals surface area (Å²) in [6.07, 6.45) is 2.54. The average molecular weight is 502 g/mol. The van der Waals surface area contributed by atoms with Crippen molar-refractivity contribution in [2.45, 2.75) is 40.2 Å². The molecule has 0 aromatic heterocycles. The number of ether oxygens (including phenoxy) is 1. The number of amides is 1. The summed E-state index contributed by atoms with van der Waals surface area (Å²) in [6.45, 7) is 8.65. The molecule has 158 valence electrons. The summed E-state index contributed by atoms with van der Waals surface area (Å²) in [7, 11) is 3.50. The molecule has 28 heavy (non-hydrogen) atoms. The second kappa shape index (κ2) is 12.1. The van der Waals surface area contributed by atoms with Gasteiger partial charge >= 0.3 is 0 Å². The Morgan fingerprint density at radius 2 is 2.00 bits per heavy atom. The van der Waals surface area contributed by atoms with E-state index in [1.165, 1.54) is 18.4 Å². The number of hydrogen-bond acceptors (Lipinski definition) is 3. The molecule has 2 N–H and O–H groups in total. The second-order valence-electron chi connectivity index (χ2n) is 7.95. The highest BCUT2D eigenvalue weighted by atomic mass is 127. The number of halogens is 1. The molecule has 1 aliphatic carbocycles. The van der Waals surface area contributed by atoms with E-state index >= 15 is 0 Å². The van der Waals surface area contributed by atoms with Crippen LogP contribution >= 0.6 is 24.0 Å². The van der Waals surface area contributed by atoms with Crippen LogP contribution in [0.2, 0.25) is 0 Å². The summed E-state index contributed by atoms with van der Waals surface area (Å²) in [5.74, 6) is 2.77. The zero-order valence-corrected chi connectivity index (χ0v) is 20.1. The summed E-state index contributed by atoms with van der Waals surface area (Å²) >= 11 is 0. The van der Waals surface area contributed by atoms with Crippen molar-refractivity contribution < 1.29 is 9.53 Å². The van der Waals surface area contributed by atoms with Crippen molar-refractivity contribution in [1.29, 1.82) is 0 Å². The predicted molar refractivity (Wildman–Crippen MR) is 125 cm³/mol. The van der Waals surface area contributed by atoms with Crippen LogP contribution < -0.4 is 15.4 Å². The summed E-state index contributed by atoms with van der Waals surface area (Å²) in [4.78, 5) is 18.1. The monoisotopic (exact) mass is 502 g/mol. The van der Waals surface area contributed by atoms with E-state index in [0.717, 1.165) is 24.5 Å². The number of aliphatic imine (C=N–C) groups is 1. The molecule has 0 atom stereocenters. The van der Waals surface area contributed by atoms with Crippen LogP contribution in [0, 0.1) is 18.8 Å². The Bertz CT molecular complexity index is 658. The van der Waals surface area contributed by atoms with Crippen LogP contribution in [0.5, 0.6) is 5.75 Å². The smallest absolute Gasteiger partial charge is 0.241 e. The maximum Gasteiger partial charge on any atom is 0.241 e. The van der Waals surface area contributed by atoms with Crippen molar-refractivity contribution in [3.05, 3.63) is 29.3 Å². The van der Waals surface area contributed by atoms with Gasteiger partial charge in [-0.25, -0.2) is 4.99 Å². The van der Waals surface area contributed by atoms with E-state index in [1.807, 2.05) is 0 Å². The number of rotatable bonds is 9. The molecule has 1 saturated carbocycles. The molecule has 1 fully saturated rings. The lowest BCUT2D eigenvalue weighted by Gasteiger charge is -2.16. The molecule has 1 amide bonds. The highest BCUT2D eigenvalue weighted by molar-refractivity contribution is 14.0. The normalized spacial score (nSPS) is 13.7. The van der Waals surface area contributed by atoms with Gasteiger partial charge < -0.3 is 20.3 Å². The van der Waals surface area contributed by atoms with Gasteiger partial charge in [-0.15, -0.1) is 24.0 Å². The molecule has 6 nitrogen and oxygen atoms in total. The number of nitrogens with one attached hydrogen (secondary N) is 2. The number of hydrogen-bond donors (Lipinski definition) is 2. The van der Waals surface area contributed by atoms with Gasteiger partial charge in [0.25, 0.3) is 0 Å². The molecule has 0 radical (unpaired) electrons. The number of carbonyl (C=O) groups is 1. The topological polar surface area (TPSA) is 66.0 Å². The van der Waals surface area contributed by atoms with E-state index in [9.17, 15) is 4.79 Å². The fourth-order valence-electron chi connectivity index (χ4n) is 2.38. The highest BCUT2D eigenvalue weighted by Crippen LogP contribution is 2.30. The summed E-state index contributed by atoms with van der Waals surface area (Å²) in [5.41, 5.74) is 2.24. The first-order chi connectivity index (χ1) is 12.8. The molecule has 2 rings (SSSR count). The molecule has 0 unspecified atom stereocenters. The lowest BCUT2D eigenvalue weighted by molar-refractivity contribution is -0.127. The van der Waals surface area contributed by atoms with Crippen LogP contribution in [0.4, 0.5) is 0 Å². The van der Waals surface area contributed by atoms with Crippen LogP contribution in [0.1, 0.15) is 37.8 Å². The summed E-state index contributed by atoms with van der Waals surface area (Å²) < 4.78 is 6.03. The molecule has 0 spiro atoms. The molecule has 0 saturated heterocycles. The molecular weight excluding hydrogens is 467 g/mol. The van der Waals surface area contributed by atoms with Crippen LogP contribution in [0.25, 0.3) is 0 Å². The van der Waals surface area contributed by atoms with Crippen LogP contribution in [-0.2, 0) is 11.3 Å². The Balaban J connectivity index is 0.00000392. The molecule has 1 aromatic rings. The summed E-state index contributed by atoms with van der Waals surface area (Å²) in [6, 6.07) is 6.24. The van der Waals surface area contributed by atoms with E-state index in [0.29, 0.717) is 24.3 Å². The largest absolute Gasteiger partial charge is 0.493 e. The lowest BCUT2D eigenvalue weighted by Crippen LogP contribution is -2.44. The minimum absolute atomic E-state index is 0. The summed E-state index contributed by atoms with van der Waals surface area (Å²) in [5, 5.41) is 6.43. The quantitative estimate of drug-likeness (QED) is 0.309. The van der Waals surface area contributed by atoms with Gasteiger partial charge in [0.05, 0.1) is 19.7 Å². The van der Waals surface area contributed by atoms with Crippen molar-refractivity contribution in [1.82, 2.24) is 15.5 Å². The van der Waals surface area contributed by atoms with Gasteiger partial charge in [-0.2, -0.15) is 0 Å². The van der Waals surface area contributed by atoms with E-state index in [-0.39, 0.29) is 36.4 Å². The van der Waals surface area contributed by atoms with Crippen molar-refractivity contribution in [3.8, 4) is 5.75 Å². The molecule has 0 bridgehead atoms. The Morgan fingerprint density at radius 3 is 2.61 bits per heavy atom. The zero-order valence-electron chi connectivity index (χ0n) is 17.7. The van der Waals surface area contributed by atoms with Crippen LogP contribution in [-0.4, -0.2) is 50.6 Å². The van der Waals surface area contributed by atoms with Crippen LogP contribution in [0.15, 0.2) is 23.2 Å². The first kappa shape index (κ1) is 24.5. The highest BCUT2D eigenvalue weighted by Gasteiger charge is 2.22. The molecule has 0 heterocycles. The average Bonchev–Trinajstić information content (AvgIpc) is 3.44. The minimum Gasteiger partial charge on any atom is -0.493 e. The number of aryl methyl sites for hydroxylation is 1. The van der Waals surface area contributed by atoms with E-state index in [1.54, 1.807) is 19.0 Å². The first-order valence-electron chi connectivity index (χ1n) is 9.79. The van der Waals surface area contributed by atoms with Gasteiger partial charge in [-0.1, -0.05) is 26.0 Å². The second-order valence-corrected chi connectivity index (χ2v) is 7.95. The fourth-order valence-corrected chi connectivity index (χ4v) is 2.38. The third kappa shape index (κ3) is 9.12. The Hall–Kier alpha value is -1.51. The number of nitrogens with zero attached hydrogens (tertiary/aromatic N) is 2. The van der Waals surface area contributed by atoms with Gasteiger partial charge in [0.1, 0.15) is 5.75 Å². The van der Waals surface area contributed by atoms with E-state index in [4.69, 9.17) is 4.74 Å². The van der Waals surface area contributed by atoms with Crippen molar-refractivity contribution in [2.75, 3.05) is 33.8 Å². The maximum atomic E-state index is 11.9. The number of guanidine groups is 1. The number of benzene rings is 1. The van der Waals surface area contributed by atoms with E-state index < -0.39 is 0 Å². The Morgan fingerprint density at radius 1 is 1.29 bits per heavy atom. The molecule has 7 heteroatoms. The predicted octanol–water partition coefficient (Wildman–Crippen LogP) is 3.18. The molecule has 1 aromatic carbocycles. The number of likely N-dealkylation sites (N-methyl/N-ethyl adjacent to an activating group) is 1. The molecular formula is C21H35IN4O2. The maximum absolute atomic E-state index is 11.9. The van der Waals surface area contributed by atoms with Crippen molar-refractivity contribution in [3.63, 3.8) is 0 Å². The van der Waals surface area contributed by atoms with Gasteiger partial charge in [0.2, 0.25) is 5.91 Å². The SMILES string of the molecule is Cc1ccc(CN=C(NCC(=O)N(C)C)NCC(C)C)c(OCC2CC2)c1.I. The van der Waals surface area contributed by atoms with Gasteiger partial charge in [-0.3, -0.25) is 4.79 Å². The number of carbonyl (C=O) groups excluding carboxylic acids is 1. The Labute approximate surface area is 186 Å². The van der Waals surface area contributed by atoms with Crippen molar-refractivity contribution >= 4 is 35.8 Å². The standard InChI is InChI=1S/C21H34N4O2.HI/c1-15(2)11-22-21(24-13-20(26)25(4)5)23-12-18-9-6-16(3)10-19(18)27-14-17-7-8-17;/h6,9-10,15,17H,7-8,11-14H2,1-5H3,(H2,22,23,24);1H. The van der Waals surface area contributed by atoms with Crippen LogP contribution in [0.3, 0.4) is 0 Å². The minimum atomic E-state index is 0. The lowest BCUT2D eigenvalue weighted by atomic mass is 10.1. The Kier molecular flexibility index (Phi) is 10.6. The molecule has 1 aliphatic rings.